The Morgan fingerprint density at radius 2 is 1.55 bits per heavy atom. The third kappa shape index (κ3) is 3.03. The van der Waals surface area contributed by atoms with Gasteiger partial charge in [0.25, 0.3) is 0 Å². The zero-order chi connectivity index (χ0) is 15.7. The van der Waals surface area contributed by atoms with Crippen molar-refractivity contribution in [1.82, 2.24) is 0 Å². The molecule has 0 bridgehead atoms. The molecule has 0 saturated heterocycles. The third-order valence-electron chi connectivity index (χ3n) is 3.11. The Morgan fingerprint density at radius 3 is 2.27 bits per heavy atom. The first kappa shape index (κ1) is 14.4. The van der Waals surface area contributed by atoms with Crippen LogP contribution in [0.4, 0.5) is 18.9 Å². The highest BCUT2D eigenvalue weighted by atomic mass is 19.4. The van der Waals surface area contributed by atoms with E-state index in [1.54, 1.807) is 24.3 Å². The van der Waals surface area contributed by atoms with Crippen LogP contribution in [0, 0.1) is 0 Å². The number of hydrogen-bond donors (Lipinski definition) is 1. The van der Waals surface area contributed by atoms with Crippen molar-refractivity contribution in [2.75, 3.05) is 18.9 Å². The number of fused-ring (bicyclic) bond motifs is 1. The van der Waals surface area contributed by atoms with Crippen LogP contribution in [0.15, 0.2) is 36.4 Å². The molecule has 1 heterocycles. The van der Waals surface area contributed by atoms with Gasteiger partial charge in [0.05, 0.1) is 5.69 Å². The molecular weight excluding hydrogens is 299 g/mol. The lowest BCUT2D eigenvalue weighted by Gasteiger charge is -2.19. The minimum Gasteiger partial charge on any atom is -0.486 e. The quantitative estimate of drug-likeness (QED) is 0.861. The van der Waals surface area contributed by atoms with Crippen molar-refractivity contribution in [3.05, 3.63) is 36.4 Å². The molecule has 2 N–H and O–H groups in total. The number of anilines is 1. The maximum Gasteiger partial charge on any atom is 0.573 e. The topological polar surface area (TPSA) is 53.7 Å². The van der Waals surface area contributed by atoms with Crippen molar-refractivity contribution in [3.63, 3.8) is 0 Å². The molecule has 0 radical (unpaired) electrons. The number of nitrogens with two attached hydrogens (primary N) is 1. The van der Waals surface area contributed by atoms with Gasteiger partial charge in [-0.25, -0.2) is 0 Å². The number of ether oxygens (including phenoxy) is 3. The van der Waals surface area contributed by atoms with Gasteiger partial charge in [0.15, 0.2) is 17.2 Å². The molecule has 0 atom stereocenters. The normalized spacial score (nSPS) is 13.8. The van der Waals surface area contributed by atoms with Gasteiger partial charge in [0.1, 0.15) is 13.2 Å². The summed E-state index contributed by atoms with van der Waals surface area (Å²) in [7, 11) is 0. The highest BCUT2D eigenvalue weighted by Crippen LogP contribution is 2.37. The maximum atomic E-state index is 12.4. The van der Waals surface area contributed by atoms with Gasteiger partial charge < -0.3 is 19.9 Å². The van der Waals surface area contributed by atoms with Crippen LogP contribution >= 0.6 is 0 Å². The van der Waals surface area contributed by atoms with Crippen molar-refractivity contribution in [2.45, 2.75) is 6.36 Å². The molecule has 2 aromatic carbocycles. The fourth-order valence-corrected chi connectivity index (χ4v) is 2.15. The second-order valence-electron chi connectivity index (χ2n) is 4.66. The summed E-state index contributed by atoms with van der Waals surface area (Å²) < 4.78 is 51.9. The molecule has 3 rings (SSSR count). The predicted molar refractivity (Wildman–Crippen MR) is 74.0 cm³/mol. The zero-order valence-electron chi connectivity index (χ0n) is 11.3. The molecule has 4 nitrogen and oxygen atoms in total. The van der Waals surface area contributed by atoms with Crippen LogP contribution in [0.2, 0.25) is 0 Å². The summed E-state index contributed by atoms with van der Waals surface area (Å²) in [6, 6.07) is 9.38. The van der Waals surface area contributed by atoms with E-state index in [0.29, 0.717) is 35.8 Å². The highest BCUT2D eigenvalue weighted by Gasteiger charge is 2.32. The largest absolute Gasteiger partial charge is 0.573 e. The van der Waals surface area contributed by atoms with Gasteiger partial charge in [-0.1, -0.05) is 12.1 Å². The fraction of sp³-hybridized carbons (Fsp3) is 0.200. The smallest absolute Gasteiger partial charge is 0.486 e. The first-order valence-corrected chi connectivity index (χ1v) is 6.48. The highest BCUT2D eigenvalue weighted by molar-refractivity contribution is 5.72. The van der Waals surface area contributed by atoms with E-state index in [4.69, 9.17) is 15.2 Å². The Bertz CT molecular complexity index is 701. The molecule has 0 spiro atoms. The van der Waals surface area contributed by atoms with E-state index in [9.17, 15) is 13.2 Å². The Kier molecular flexibility index (Phi) is 3.48. The molecule has 22 heavy (non-hydrogen) atoms. The van der Waals surface area contributed by atoms with Crippen LogP contribution in [-0.4, -0.2) is 19.6 Å². The molecule has 0 amide bonds. The fourth-order valence-electron chi connectivity index (χ4n) is 2.15. The van der Waals surface area contributed by atoms with E-state index in [0.717, 1.165) is 0 Å². The summed E-state index contributed by atoms with van der Waals surface area (Å²) in [5, 5.41) is 0. The third-order valence-corrected chi connectivity index (χ3v) is 3.11. The zero-order valence-corrected chi connectivity index (χ0v) is 11.3. The molecular formula is C15H12F3NO3. The summed E-state index contributed by atoms with van der Waals surface area (Å²) in [6.45, 7) is 0.901. The van der Waals surface area contributed by atoms with Crippen molar-refractivity contribution >= 4 is 5.69 Å². The number of benzene rings is 2. The lowest BCUT2D eigenvalue weighted by Crippen LogP contribution is -2.18. The van der Waals surface area contributed by atoms with Crippen LogP contribution in [0.3, 0.4) is 0 Å². The molecule has 0 fully saturated rings. The van der Waals surface area contributed by atoms with Crippen LogP contribution in [0.5, 0.6) is 17.2 Å². The predicted octanol–water partition coefficient (Wildman–Crippen LogP) is 3.61. The number of alkyl halides is 3. The summed E-state index contributed by atoms with van der Waals surface area (Å²) >= 11 is 0. The molecule has 1 aliphatic heterocycles. The monoisotopic (exact) mass is 311 g/mol. The molecule has 2 aromatic rings. The number of nitrogen functional groups attached to an aromatic ring is 1. The van der Waals surface area contributed by atoms with Gasteiger partial charge in [0, 0.05) is 0 Å². The van der Waals surface area contributed by atoms with Crippen LogP contribution in [0.25, 0.3) is 11.1 Å². The standard InChI is InChI=1S/C15H12F3NO3/c16-15(17,18)22-13-7-9(1-3-11(13)19)10-2-4-12-14(8-10)21-6-5-20-12/h1-4,7-8H,5-6,19H2. The van der Waals surface area contributed by atoms with Crippen molar-refractivity contribution < 1.29 is 27.4 Å². The number of rotatable bonds is 2. The average Bonchev–Trinajstić information content (AvgIpc) is 2.48. The van der Waals surface area contributed by atoms with Crippen LogP contribution < -0.4 is 19.9 Å². The van der Waals surface area contributed by atoms with Crippen molar-refractivity contribution in [3.8, 4) is 28.4 Å². The van der Waals surface area contributed by atoms with Gasteiger partial charge in [0.2, 0.25) is 0 Å². The summed E-state index contributed by atoms with van der Waals surface area (Å²) in [5.74, 6) is 0.732. The van der Waals surface area contributed by atoms with Gasteiger partial charge in [-0.2, -0.15) is 0 Å². The molecule has 0 saturated carbocycles. The average molecular weight is 311 g/mol. The van der Waals surface area contributed by atoms with E-state index in [1.807, 2.05) is 0 Å². The Balaban J connectivity index is 1.96. The van der Waals surface area contributed by atoms with Crippen LogP contribution in [0.1, 0.15) is 0 Å². The van der Waals surface area contributed by atoms with Crippen molar-refractivity contribution in [1.29, 1.82) is 0 Å². The van der Waals surface area contributed by atoms with Gasteiger partial charge >= 0.3 is 6.36 Å². The summed E-state index contributed by atoms with van der Waals surface area (Å²) in [6.07, 6.45) is -4.79. The van der Waals surface area contributed by atoms with Gasteiger partial charge in [-0.3, -0.25) is 0 Å². The van der Waals surface area contributed by atoms with Crippen molar-refractivity contribution in [2.24, 2.45) is 0 Å². The molecule has 7 heteroatoms. The summed E-state index contributed by atoms with van der Waals surface area (Å²) in [4.78, 5) is 0. The van der Waals surface area contributed by atoms with E-state index in [-0.39, 0.29) is 5.69 Å². The SMILES string of the molecule is Nc1ccc(-c2ccc3c(c2)OCCO3)cc1OC(F)(F)F. The molecule has 0 aliphatic carbocycles. The first-order chi connectivity index (χ1) is 10.4. The summed E-state index contributed by atoms with van der Waals surface area (Å²) in [5.41, 5.74) is 6.64. The lowest BCUT2D eigenvalue weighted by molar-refractivity contribution is -0.274. The van der Waals surface area contributed by atoms with E-state index in [2.05, 4.69) is 4.74 Å². The lowest BCUT2D eigenvalue weighted by atomic mass is 10.0. The Morgan fingerprint density at radius 1 is 0.909 bits per heavy atom. The first-order valence-electron chi connectivity index (χ1n) is 6.48. The second kappa shape index (κ2) is 5.32. The molecule has 116 valence electrons. The Labute approximate surface area is 124 Å². The van der Waals surface area contributed by atoms with E-state index >= 15 is 0 Å². The molecule has 0 unspecified atom stereocenters. The van der Waals surface area contributed by atoms with E-state index < -0.39 is 12.1 Å². The minimum atomic E-state index is -4.79. The van der Waals surface area contributed by atoms with Crippen LogP contribution in [-0.2, 0) is 0 Å². The van der Waals surface area contributed by atoms with Gasteiger partial charge in [-0.15, -0.1) is 13.2 Å². The molecule has 0 aromatic heterocycles. The maximum absolute atomic E-state index is 12.4. The number of halogens is 3. The van der Waals surface area contributed by atoms with Gasteiger partial charge in [-0.05, 0) is 35.4 Å². The molecule has 1 aliphatic rings. The Hall–Kier alpha value is -2.57. The second-order valence-corrected chi connectivity index (χ2v) is 4.66. The number of hydrogen-bond acceptors (Lipinski definition) is 4. The van der Waals surface area contributed by atoms with E-state index in [1.165, 1.54) is 12.1 Å². The minimum absolute atomic E-state index is 0.0846.